The highest BCUT2D eigenvalue weighted by Crippen LogP contribution is 2.13. The first-order chi connectivity index (χ1) is 6.86. The summed E-state index contributed by atoms with van der Waals surface area (Å²) >= 11 is 0. The summed E-state index contributed by atoms with van der Waals surface area (Å²) in [4.78, 5) is 0. The molecule has 72 valence electrons. The van der Waals surface area contributed by atoms with Crippen LogP contribution in [-0.2, 0) is 6.54 Å². The first-order valence-electron chi connectivity index (χ1n) is 4.70. The van der Waals surface area contributed by atoms with Gasteiger partial charge >= 0.3 is 0 Å². The van der Waals surface area contributed by atoms with Crippen LogP contribution in [0, 0.1) is 0 Å². The van der Waals surface area contributed by atoms with Gasteiger partial charge in [0.25, 0.3) is 0 Å². The van der Waals surface area contributed by atoms with Crippen molar-refractivity contribution >= 4 is 0 Å². The van der Waals surface area contributed by atoms with Gasteiger partial charge in [-0.1, -0.05) is 30.3 Å². The normalized spacial score (nSPS) is 12.6. The standard InChI is InChI=1S/C12H13NO/c14-12(10-13-8-4-5-9-13)11-6-2-1-3-7-11/h1-9,12,14H,10H2/t12-/m0/s1. The summed E-state index contributed by atoms with van der Waals surface area (Å²) in [6, 6.07) is 13.6. The van der Waals surface area contributed by atoms with Crippen LogP contribution in [0.5, 0.6) is 0 Å². The minimum absolute atomic E-state index is 0.427. The Morgan fingerprint density at radius 3 is 2.29 bits per heavy atom. The Morgan fingerprint density at radius 1 is 1.00 bits per heavy atom. The van der Waals surface area contributed by atoms with Gasteiger partial charge in [-0.3, -0.25) is 0 Å². The van der Waals surface area contributed by atoms with E-state index in [1.54, 1.807) is 0 Å². The molecule has 2 aromatic rings. The zero-order valence-electron chi connectivity index (χ0n) is 7.88. The summed E-state index contributed by atoms with van der Waals surface area (Å²) in [7, 11) is 0. The highest BCUT2D eigenvalue weighted by Gasteiger charge is 2.05. The number of hydrogen-bond acceptors (Lipinski definition) is 1. The molecule has 2 rings (SSSR count). The van der Waals surface area contributed by atoms with Gasteiger partial charge in [0.1, 0.15) is 0 Å². The fourth-order valence-corrected chi connectivity index (χ4v) is 1.47. The molecule has 0 radical (unpaired) electrons. The molecule has 0 aliphatic rings. The summed E-state index contributed by atoms with van der Waals surface area (Å²) in [5.74, 6) is 0. The molecule has 2 nitrogen and oxygen atoms in total. The Bertz CT molecular complexity index is 366. The number of hydrogen-bond donors (Lipinski definition) is 1. The topological polar surface area (TPSA) is 25.2 Å². The van der Waals surface area contributed by atoms with Gasteiger partial charge in [-0.15, -0.1) is 0 Å². The summed E-state index contributed by atoms with van der Waals surface area (Å²) in [5.41, 5.74) is 0.959. The Labute approximate surface area is 83.4 Å². The maximum atomic E-state index is 9.87. The second-order valence-corrected chi connectivity index (χ2v) is 3.31. The Balaban J connectivity index is 2.07. The molecule has 1 N–H and O–H groups in total. The van der Waals surface area contributed by atoms with Gasteiger partial charge < -0.3 is 9.67 Å². The molecule has 0 saturated heterocycles. The quantitative estimate of drug-likeness (QED) is 0.783. The third-order valence-electron chi connectivity index (χ3n) is 2.23. The van der Waals surface area contributed by atoms with E-state index in [1.807, 2.05) is 59.4 Å². The van der Waals surface area contributed by atoms with Crippen molar-refractivity contribution in [3.05, 3.63) is 60.4 Å². The van der Waals surface area contributed by atoms with Crippen molar-refractivity contribution in [1.82, 2.24) is 4.57 Å². The smallest absolute Gasteiger partial charge is 0.0968 e. The molecule has 0 aliphatic carbocycles. The molecule has 0 spiro atoms. The molecule has 0 unspecified atom stereocenters. The molecule has 1 aromatic carbocycles. The fraction of sp³-hybridized carbons (Fsp3) is 0.167. The zero-order chi connectivity index (χ0) is 9.80. The van der Waals surface area contributed by atoms with Gasteiger partial charge in [0.15, 0.2) is 0 Å². The lowest BCUT2D eigenvalue weighted by Gasteiger charge is -2.11. The Kier molecular flexibility index (Phi) is 2.65. The van der Waals surface area contributed by atoms with Gasteiger partial charge in [0.05, 0.1) is 12.6 Å². The van der Waals surface area contributed by atoms with E-state index in [-0.39, 0.29) is 0 Å². The third-order valence-corrected chi connectivity index (χ3v) is 2.23. The number of rotatable bonds is 3. The zero-order valence-corrected chi connectivity index (χ0v) is 7.88. The third kappa shape index (κ3) is 2.03. The van der Waals surface area contributed by atoms with Gasteiger partial charge in [-0.2, -0.15) is 0 Å². The predicted molar refractivity (Wildman–Crippen MR) is 55.8 cm³/mol. The van der Waals surface area contributed by atoms with E-state index in [0.717, 1.165) is 5.56 Å². The van der Waals surface area contributed by atoms with Crippen molar-refractivity contribution in [1.29, 1.82) is 0 Å². The average Bonchev–Trinajstić information content (AvgIpc) is 2.72. The molecule has 0 saturated carbocycles. The Hall–Kier alpha value is -1.54. The van der Waals surface area contributed by atoms with Crippen LogP contribution in [0.15, 0.2) is 54.9 Å². The van der Waals surface area contributed by atoms with Gasteiger partial charge in [0, 0.05) is 12.4 Å². The van der Waals surface area contributed by atoms with Crippen LogP contribution in [0.4, 0.5) is 0 Å². The van der Waals surface area contributed by atoms with E-state index in [0.29, 0.717) is 6.54 Å². The Morgan fingerprint density at radius 2 is 1.64 bits per heavy atom. The molecular weight excluding hydrogens is 174 g/mol. The van der Waals surface area contributed by atoms with Crippen LogP contribution in [0.3, 0.4) is 0 Å². The monoisotopic (exact) mass is 187 g/mol. The number of benzene rings is 1. The molecular formula is C12H13NO. The van der Waals surface area contributed by atoms with Crippen molar-refractivity contribution < 1.29 is 5.11 Å². The molecule has 0 bridgehead atoms. The highest BCUT2D eigenvalue weighted by atomic mass is 16.3. The lowest BCUT2D eigenvalue weighted by Crippen LogP contribution is -2.06. The van der Waals surface area contributed by atoms with E-state index in [9.17, 15) is 5.11 Å². The number of aromatic nitrogens is 1. The van der Waals surface area contributed by atoms with E-state index < -0.39 is 6.10 Å². The average molecular weight is 187 g/mol. The first-order valence-corrected chi connectivity index (χ1v) is 4.70. The van der Waals surface area contributed by atoms with Crippen LogP contribution < -0.4 is 0 Å². The fourth-order valence-electron chi connectivity index (χ4n) is 1.47. The van der Waals surface area contributed by atoms with E-state index in [4.69, 9.17) is 0 Å². The van der Waals surface area contributed by atoms with E-state index in [2.05, 4.69) is 0 Å². The molecule has 1 heterocycles. The predicted octanol–water partition coefficient (Wildman–Crippen LogP) is 2.22. The van der Waals surface area contributed by atoms with Crippen LogP contribution in [0.1, 0.15) is 11.7 Å². The minimum Gasteiger partial charge on any atom is -0.387 e. The summed E-state index contributed by atoms with van der Waals surface area (Å²) in [6.45, 7) is 0.608. The SMILES string of the molecule is O[C@@H](Cn1cccc1)c1ccccc1. The molecule has 14 heavy (non-hydrogen) atoms. The second kappa shape index (κ2) is 4.11. The molecule has 1 atom stereocenters. The largest absolute Gasteiger partial charge is 0.387 e. The van der Waals surface area contributed by atoms with Crippen molar-refractivity contribution in [3.8, 4) is 0 Å². The highest BCUT2D eigenvalue weighted by molar-refractivity contribution is 5.17. The molecule has 0 amide bonds. The minimum atomic E-state index is -0.427. The number of aliphatic hydroxyl groups is 1. The number of aliphatic hydroxyl groups excluding tert-OH is 1. The summed E-state index contributed by atoms with van der Waals surface area (Å²) < 4.78 is 1.97. The van der Waals surface area contributed by atoms with Crippen molar-refractivity contribution in [3.63, 3.8) is 0 Å². The number of nitrogens with zero attached hydrogens (tertiary/aromatic N) is 1. The second-order valence-electron chi connectivity index (χ2n) is 3.31. The van der Waals surface area contributed by atoms with E-state index >= 15 is 0 Å². The summed E-state index contributed by atoms with van der Waals surface area (Å²) in [5, 5.41) is 9.87. The molecule has 2 heteroatoms. The van der Waals surface area contributed by atoms with Crippen LogP contribution in [0.25, 0.3) is 0 Å². The lowest BCUT2D eigenvalue weighted by atomic mass is 10.1. The first kappa shape index (κ1) is 9.03. The van der Waals surface area contributed by atoms with Crippen molar-refractivity contribution in [2.45, 2.75) is 12.6 Å². The van der Waals surface area contributed by atoms with Crippen molar-refractivity contribution in [2.75, 3.05) is 0 Å². The van der Waals surface area contributed by atoms with Crippen molar-refractivity contribution in [2.24, 2.45) is 0 Å². The molecule has 0 aliphatic heterocycles. The van der Waals surface area contributed by atoms with Crippen LogP contribution >= 0.6 is 0 Å². The van der Waals surface area contributed by atoms with E-state index in [1.165, 1.54) is 0 Å². The molecule has 1 aromatic heterocycles. The van der Waals surface area contributed by atoms with Gasteiger partial charge in [-0.05, 0) is 17.7 Å². The lowest BCUT2D eigenvalue weighted by molar-refractivity contribution is 0.156. The van der Waals surface area contributed by atoms with Gasteiger partial charge in [0.2, 0.25) is 0 Å². The summed E-state index contributed by atoms with van der Waals surface area (Å²) in [6.07, 6.45) is 3.47. The van der Waals surface area contributed by atoms with Crippen LogP contribution in [-0.4, -0.2) is 9.67 Å². The van der Waals surface area contributed by atoms with Crippen LogP contribution in [0.2, 0.25) is 0 Å². The molecule has 0 fully saturated rings. The maximum Gasteiger partial charge on any atom is 0.0968 e. The maximum absolute atomic E-state index is 9.87. The van der Waals surface area contributed by atoms with Gasteiger partial charge in [-0.25, -0.2) is 0 Å².